The summed E-state index contributed by atoms with van der Waals surface area (Å²) in [6.07, 6.45) is 0. The largest absolute Gasteiger partial charge is 0.493 e. The number of anilines is 1. The molecule has 0 atom stereocenters. The third-order valence-electron chi connectivity index (χ3n) is 3.53. The van der Waals surface area contributed by atoms with Crippen LogP contribution in [0.3, 0.4) is 0 Å². The SMILES string of the molecule is COc1ccc(-c2nc(N3CCNCC3)n[nH]2)cc1OC. The minimum Gasteiger partial charge on any atom is -0.493 e. The predicted octanol–water partition coefficient (Wildman–Crippen LogP) is 0.898. The molecule has 1 aliphatic heterocycles. The topological polar surface area (TPSA) is 75.3 Å². The van der Waals surface area contributed by atoms with Gasteiger partial charge in [0.15, 0.2) is 17.3 Å². The summed E-state index contributed by atoms with van der Waals surface area (Å²) in [4.78, 5) is 6.73. The molecular weight excluding hydrogens is 270 g/mol. The summed E-state index contributed by atoms with van der Waals surface area (Å²) in [6.45, 7) is 3.76. The van der Waals surface area contributed by atoms with Gasteiger partial charge < -0.3 is 19.7 Å². The Balaban J connectivity index is 1.85. The normalized spacial score (nSPS) is 15.0. The summed E-state index contributed by atoms with van der Waals surface area (Å²) in [5.74, 6) is 2.84. The van der Waals surface area contributed by atoms with Gasteiger partial charge >= 0.3 is 0 Å². The van der Waals surface area contributed by atoms with Crippen molar-refractivity contribution in [3.05, 3.63) is 18.2 Å². The van der Waals surface area contributed by atoms with E-state index in [9.17, 15) is 0 Å². The zero-order valence-corrected chi connectivity index (χ0v) is 12.2. The van der Waals surface area contributed by atoms with Gasteiger partial charge in [0, 0.05) is 31.7 Å². The number of H-pyrrole nitrogens is 1. The van der Waals surface area contributed by atoms with Gasteiger partial charge in [-0.25, -0.2) is 0 Å². The molecule has 2 aromatic rings. The lowest BCUT2D eigenvalue weighted by Gasteiger charge is -2.25. The van der Waals surface area contributed by atoms with Crippen LogP contribution in [0.5, 0.6) is 11.5 Å². The molecule has 0 radical (unpaired) electrons. The van der Waals surface area contributed by atoms with Crippen LogP contribution in [0, 0.1) is 0 Å². The van der Waals surface area contributed by atoms with Crippen molar-refractivity contribution in [2.45, 2.75) is 0 Å². The molecule has 0 aliphatic carbocycles. The van der Waals surface area contributed by atoms with Crippen LogP contribution >= 0.6 is 0 Å². The van der Waals surface area contributed by atoms with Crippen LogP contribution in [0.15, 0.2) is 18.2 Å². The van der Waals surface area contributed by atoms with Gasteiger partial charge in [0.1, 0.15) is 0 Å². The molecule has 2 N–H and O–H groups in total. The fourth-order valence-corrected chi connectivity index (χ4v) is 2.37. The molecule has 21 heavy (non-hydrogen) atoms. The molecule has 0 unspecified atom stereocenters. The van der Waals surface area contributed by atoms with E-state index in [2.05, 4.69) is 25.4 Å². The molecule has 2 heterocycles. The second-order valence-corrected chi connectivity index (χ2v) is 4.79. The average Bonchev–Trinajstić information content (AvgIpc) is 3.05. The van der Waals surface area contributed by atoms with E-state index in [-0.39, 0.29) is 0 Å². The molecule has 1 fully saturated rings. The highest BCUT2D eigenvalue weighted by Gasteiger charge is 2.16. The Morgan fingerprint density at radius 2 is 1.86 bits per heavy atom. The van der Waals surface area contributed by atoms with Crippen LogP contribution in [0.2, 0.25) is 0 Å². The summed E-state index contributed by atoms with van der Waals surface area (Å²) >= 11 is 0. The molecule has 1 saturated heterocycles. The maximum Gasteiger partial charge on any atom is 0.245 e. The Kier molecular flexibility index (Phi) is 3.92. The Morgan fingerprint density at radius 3 is 2.57 bits per heavy atom. The van der Waals surface area contributed by atoms with Crippen LogP contribution in [0.4, 0.5) is 5.95 Å². The van der Waals surface area contributed by atoms with E-state index in [1.54, 1.807) is 14.2 Å². The fraction of sp³-hybridized carbons (Fsp3) is 0.429. The highest BCUT2D eigenvalue weighted by molar-refractivity contribution is 5.62. The van der Waals surface area contributed by atoms with Crippen molar-refractivity contribution in [2.75, 3.05) is 45.3 Å². The number of hydrogen-bond donors (Lipinski definition) is 2. The van der Waals surface area contributed by atoms with Crippen molar-refractivity contribution in [3.8, 4) is 22.9 Å². The van der Waals surface area contributed by atoms with E-state index in [1.807, 2.05) is 18.2 Å². The number of ether oxygens (including phenoxy) is 2. The summed E-state index contributed by atoms with van der Waals surface area (Å²) in [5.41, 5.74) is 0.918. The van der Waals surface area contributed by atoms with Crippen molar-refractivity contribution < 1.29 is 9.47 Å². The van der Waals surface area contributed by atoms with Gasteiger partial charge in [0.2, 0.25) is 5.95 Å². The van der Waals surface area contributed by atoms with Crippen molar-refractivity contribution in [1.82, 2.24) is 20.5 Å². The van der Waals surface area contributed by atoms with E-state index in [0.29, 0.717) is 11.5 Å². The quantitative estimate of drug-likeness (QED) is 0.871. The lowest BCUT2D eigenvalue weighted by atomic mass is 10.2. The monoisotopic (exact) mass is 289 g/mol. The van der Waals surface area contributed by atoms with Crippen molar-refractivity contribution >= 4 is 5.95 Å². The highest BCUT2D eigenvalue weighted by Crippen LogP contribution is 2.31. The molecule has 1 aromatic carbocycles. The molecule has 1 aliphatic rings. The van der Waals surface area contributed by atoms with Crippen molar-refractivity contribution in [2.24, 2.45) is 0 Å². The Labute approximate surface area is 123 Å². The van der Waals surface area contributed by atoms with Gasteiger partial charge in [-0.3, -0.25) is 5.10 Å². The molecule has 0 saturated carbocycles. The Hall–Kier alpha value is -2.28. The number of benzene rings is 1. The first kappa shape index (κ1) is 13.7. The van der Waals surface area contributed by atoms with Crippen LogP contribution in [-0.4, -0.2) is 55.6 Å². The Morgan fingerprint density at radius 1 is 1.10 bits per heavy atom. The van der Waals surface area contributed by atoms with E-state index >= 15 is 0 Å². The molecule has 3 rings (SSSR count). The molecule has 0 amide bonds. The smallest absolute Gasteiger partial charge is 0.245 e. The van der Waals surface area contributed by atoms with E-state index in [1.165, 1.54) is 0 Å². The number of aromatic amines is 1. The highest BCUT2D eigenvalue weighted by atomic mass is 16.5. The van der Waals surface area contributed by atoms with E-state index in [0.717, 1.165) is 43.5 Å². The summed E-state index contributed by atoms with van der Waals surface area (Å²) in [6, 6.07) is 5.69. The average molecular weight is 289 g/mol. The molecule has 112 valence electrons. The lowest BCUT2D eigenvalue weighted by Crippen LogP contribution is -2.44. The second-order valence-electron chi connectivity index (χ2n) is 4.79. The predicted molar refractivity (Wildman–Crippen MR) is 80.0 cm³/mol. The van der Waals surface area contributed by atoms with Gasteiger partial charge in [-0.15, -0.1) is 5.10 Å². The molecule has 7 nitrogen and oxygen atoms in total. The van der Waals surface area contributed by atoms with Crippen molar-refractivity contribution in [3.63, 3.8) is 0 Å². The van der Waals surface area contributed by atoms with Gasteiger partial charge in [0.05, 0.1) is 14.2 Å². The molecule has 7 heteroatoms. The molecular formula is C14H19N5O2. The number of rotatable bonds is 4. The van der Waals surface area contributed by atoms with Gasteiger partial charge in [-0.05, 0) is 18.2 Å². The second kappa shape index (κ2) is 6.01. The van der Waals surface area contributed by atoms with Crippen LogP contribution in [0.1, 0.15) is 0 Å². The van der Waals surface area contributed by atoms with E-state index < -0.39 is 0 Å². The fourth-order valence-electron chi connectivity index (χ4n) is 2.37. The number of methoxy groups -OCH3 is 2. The standard InChI is InChI=1S/C14H19N5O2/c1-20-11-4-3-10(9-12(11)21-2)13-16-14(18-17-13)19-7-5-15-6-8-19/h3-4,9,15H,5-8H2,1-2H3,(H,16,17,18). The molecule has 0 spiro atoms. The summed E-state index contributed by atoms with van der Waals surface area (Å²) < 4.78 is 10.6. The zero-order chi connectivity index (χ0) is 14.7. The maximum absolute atomic E-state index is 5.32. The number of piperazine rings is 1. The van der Waals surface area contributed by atoms with Crippen LogP contribution < -0.4 is 19.7 Å². The summed E-state index contributed by atoms with van der Waals surface area (Å²) in [7, 11) is 3.24. The number of aromatic nitrogens is 3. The number of hydrogen-bond acceptors (Lipinski definition) is 6. The van der Waals surface area contributed by atoms with Gasteiger partial charge in [0.25, 0.3) is 0 Å². The first-order valence-corrected chi connectivity index (χ1v) is 6.92. The molecule has 1 aromatic heterocycles. The zero-order valence-electron chi connectivity index (χ0n) is 12.2. The minimum absolute atomic E-state index is 0.676. The third kappa shape index (κ3) is 2.78. The van der Waals surface area contributed by atoms with E-state index in [4.69, 9.17) is 9.47 Å². The first-order chi connectivity index (χ1) is 10.3. The third-order valence-corrected chi connectivity index (χ3v) is 3.53. The number of nitrogens with zero attached hydrogens (tertiary/aromatic N) is 3. The Bertz CT molecular complexity index is 607. The maximum atomic E-state index is 5.32. The molecule has 0 bridgehead atoms. The van der Waals surface area contributed by atoms with Crippen LogP contribution in [-0.2, 0) is 0 Å². The van der Waals surface area contributed by atoms with Crippen LogP contribution in [0.25, 0.3) is 11.4 Å². The minimum atomic E-state index is 0.676. The number of nitrogens with one attached hydrogen (secondary N) is 2. The first-order valence-electron chi connectivity index (χ1n) is 6.92. The summed E-state index contributed by atoms with van der Waals surface area (Å²) in [5, 5.41) is 10.6. The lowest BCUT2D eigenvalue weighted by molar-refractivity contribution is 0.355. The van der Waals surface area contributed by atoms with Crippen molar-refractivity contribution in [1.29, 1.82) is 0 Å². The van der Waals surface area contributed by atoms with Gasteiger partial charge in [-0.1, -0.05) is 0 Å². The van der Waals surface area contributed by atoms with Gasteiger partial charge in [-0.2, -0.15) is 4.98 Å².